The quantitative estimate of drug-likeness (QED) is 0.342. The zero-order valence-electron chi connectivity index (χ0n) is 18.0. The van der Waals surface area contributed by atoms with Crippen molar-refractivity contribution in [1.82, 2.24) is 15.4 Å². The zero-order valence-corrected chi connectivity index (χ0v) is 19.6. The number of aryl methyl sites for hydroxylation is 1. The Labute approximate surface area is 181 Å². The van der Waals surface area contributed by atoms with Crippen LogP contribution in [0.15, 0.2) is 23.1 Å². The van der Waals surface area contributed by atoms with E-state index in [0.717, 1.165) is 19.3 Å². The lowest BCUT2D eigenvalue weighted by Crippen LogP contribution is -2.37. The molecule has 0 radical (unpaired) electrons. The molecule has 0 aromatic heterocycles. The van der Waals surface area contributed by atoms with Crippen LogP contribution in [-0.4, -0.2) is 32.5 Å². The molecule has 1 unspecified atom stereocenters. The lowest BCUT2D eigenvalue weighted by molar-refractivity contribution is -0.121. The Bertz CT molecular complexity index is 779. The number of benzene rings is 1. The number of thiocarbonyl (C=S) groups is 1. The van der Waals surface area contributed by atoms with Gasteiger partial charge in [0.15, 0.2) is 5.11 Å². The molecule has 0 aliphatic carbocycles. The Morgan fingerprint density at radius 3 is 2.48 bits per heavy atom. The van der Waals surface area contributed by atoms with Gasteiger partial charge in [-0.2, -0.15) is 0 Å². The number of nitrogens with one attached hydrogen (secondary N) is 3. The van der Waals surface area contributed by atoms with Gasteiger partial charge in [-0.3, -0.25) is 9.52 Å². The summed E-state index contributed by atoms with van der Waals surface area (Å²) in [5.41, 5.74) is 1.38. The molecule has 1 aromatic carbocycles. The highest BCUT2D eigenvalue weighted by Crippen LogP contribution is 2.20. The van der Waals surface area contributed by atoms with Crippen molar-refractivity contribution in [1.29, 1.82) is 0 Å². The molecule has 0 saturated carbocycles. The van der Waals surface area contributed by atoms with E-state index in [9.17, 15) is 13.2 Å². The molecule has 0 spiro atoms. The first-order valence-corrected chi connectivity index (χ1v) is 12.3. The van der Waals surface area contributed by atoms with Crippen molar-refractivity contribution >= 4 is 33.3 Å². The largest absolute Gasteiger partial charge is 0.365 e. The molecule has 0 saturated heterocycles. The first kappa shape index (κ1) is 25.4. The lowest BCUT2D eigenvalue weighted by Gasteiger charge is -2.16. The maximum Gasteiger partial charge on any atom is 0.263 e. The van der Waals surface area contributed by atoms with Crippen LogP contribution in [0.5, 0.6) is 0 Å². The Morgan fingerprint density at radius 1 is 1.14 bits per heavy atom. The number of sulfonamides is 1. The van der Waals surface area contributed by atoms with Crippen LogP contribution in [-0.2, 0) is 27.7 Å². The Kier molecular flexibility index (Phi) is 11.2. The average molecular weight is 442 g/mol. The molecule has 1 aromatic rings. The lowest BCUT2D eigenvalue weighted by atomic mass is 10.0. The van der Waals surface area contributed by atoms with Gasteiger partial charge in [0.1, 0.15) is 0 Å². The number of rotatable bonds is 12. The van der Waals surface area contributed by atoms with Crippen LogP contribution in [0.1, 0.15) is 70.4 Å². The summed E-state index contributed by atoms with van der Waals surface area (Å²) in [7, 11) is -2.25. The van der Waals surface area contributed by atoms with E-state index in [0.29, 0.717) is 17.5 Å². The smallest absolute Gasteiger partial charge is 0.263 e. The predicted molar refractivity (Wildman–Crippen MR) is 122 cm³/mol. The maximum absolute atomic E-state index is 12.7. The van der Waals surface area contributed by atoms with Gasteiger partial charge >= 0.3 is 0 Å². The highest BCUT2D eigenvalue weighted by Gasteiger charge is 2.20. The minimum Gasteiger partial charge on any atom is -0.365 e. The standard InChI is InChI=1S/C21H35N3O3S2/c1-5-7-8-9-11-16(3)23-20(25)15-17-12-13-18(10-6-2)19(14-17)29(26,27)24-21(28)22-4/h12-14,16H,5-11,15H2,1-4H3,(H,23,25)(H2,22,24,28). The number of carbonyl (C=O) groups excluding carboxylic acids is 1. The second-order valence-electron chi connectivity index (χ2n) is 7.37. The summed E-state index contributed by atoms with van der Waals surface area (Å²) in [6, 6.07) is 5.30. The van der Waals surface area contributed by atoms with Gasteiger partial charge in [-0.25, -0.2) is 8.42 Å². The fourth-order valence-corrected chi connectivity index (χ4v) is 4.73. The topological polar surface area (TPSA) is 87.3 Å². The van der Waals surface area contributed by atoms with E-state index in [-0.39, 0.29) is 28.4 Å². The number of hydrogen-bond donors (Lipinski definition) is 3. The van der Waals surface area contributed by atoms with Gasteiger partial charge in [0.2, 0.25) is 5.91 Å². The summed E-state index contributed by atoms with van der Waals surface area (Å²) >= 11 is 4.95. The first-order valence-electron chi connectivity index (χ1n) is 10.4. The van der Waals surface area contributed by atoms with E-state index >= 15 is 0 Å². The predicted octanol–water partition coefficient (Wildman–Crippen LogP) is 3.44. The van der Waals surface area contributed by atoms with E-state index < -0.39 is 10.0 Å². The minimum atomic E-state index is -3.81. The molecule has 3 N–H and O–H groups in total. The molecule has 6 nitrogen and oxygen atoms in total. The second-order valence-corrected chi connectivity index (χ2v) is 9.43. The van der Waals surface area contributed by atoms with Gasteiger partial charge in [-0.1, -0.05) is 58.1 Å². The third-order valence-corrected chi connectivity index (χ3v) is 6.52. The van der Waals surface area contributed by atoms with Gasteiger partial charge in [-0.05, 0) is 49.2 Å². The molecule has 29 heavy (non-hydrogen) atoms. The Morgan fingerprint density at radius 2 is 1.86 bits per heavy atom. The number of carbonyl (C=O) groups is 1. The monoisotopic (exact) mass is 441 g/mol. The average Bonchev–Trinajstić information content (AvgIpc) is 2.66. The summed E-state index contributed by atoms with van der Waals surface area (Å²) < 4.78 is 27.8. The van der Waals surface area contributed by atoms with Crippen LogP contribution in [0, 0.1) is 0 Å². The van der Waals surface area contributed by atoms with Gasteiger partial charge in [0.25, 0.3) is 10.0 Å². The van der Waals surface area contributed by atoms with Crippen LogP contribution < -0.4 is 15.4 Å². The molecule has 164 valence electrons. The van der Waals surface area contributed by atoms with Gasteiger partial charge in [0.05, 0.1) is 11.3 Å². The fourth-order valence-electron chi connectivity index (χ4n) is 3.12. The van der Waals surface area contributed by atoms with Crippen molar-refractivity contribution in [2.24, 2.45) is 0 Å². The van der Waals surface area contributed by atoms with Crippen LogP contribution in [0.25, 0.3) is 0 Å². The zero-order chi connectivity index (χ0) is 21.9. The van der Waals surface area contributed by atoms with E-state index in [1.807, 2.05) is 19.9 Å². The molecular formula is C21H35N3O3S2. The number of amides is 1. The Hall–Kier alpha value is -1.67. The van der Waals surface area contributed by atoms with Crippen LogP contribution in [0.3, 0.4) is 0 Å². The van der Waals surface area contributed by atoms with E-state index in [4.69, 9.17) is 12.2 Å². The van der Waals surface area contributed by atoms with E-state index in [2.05, 4.69) is 22.3 Å². The summed E-state index contributed by atoms with van der Waals surface area (Å²) in [6.07, 6.45) is 7.22. The molecule has 0 fully saturated rings. The third kappa shape index (κ3) is 9.12. The number of hydrogen-bond acceptors (Lipinski definition) is 4. The second kappa shape index (κ2) is 12.8. The van der Waals surface area contributed by atoms with E-state index in [1.165, 1.54) is 19.3 Å². The van der Waals surface area contributed by atoms with Crippen LogP contribution >= 0.6 is 12.2 Å². The van der Waals surface area contributed by atoms with Crippen molar-refractivity contribution in [2.45, 2.75) is 83.1 Å². The van der Waals surface area contributed by atoms with Crippen molar-refractivity contribution < 1.29 is 13.2 Å². The normalized spacial score (nSPS) is 12.3. The first-order chi connectivity index (χ1) is 13.7. The van der Waals surface area contributed by atoms with Crippen molar-refractivity contribution in [3.8, 4) is 0 Å². The van der Waals surface area contributed by atoms with Crippen molar-refractivity contribution in [3.05, 3.63) is 29.3 Å². The molecule has 1 amide bonds. The molecule has 1 rings (SSSR count). The van der Waals surface area contributed by atoms with Crippen molar-refractivity contribution in [2.75, 3.05) is 7.05 Å². The molecule has 0 bridgehead atoms. The summed E-state index contributed by atoms with van der Waals surface area (Å²) in [5, 5.41) is 5.66. The summed E-state index contributed by atoms with van der Waals surface area (Å²) in [4.78, 5) is 12.6. The molecule has 0 aliphatic heterocycles. The van der Waals surface area contributed by atoms with Crippen LogP contribution in [0.2, 0.25) is 0 Å². The van der Waals surface area contributed by atoms with Crippen LogP contribution in [0.4, 0.5) is 0 Å². The van der Waals surface area contributed by atoms with E-state index in [1.54, 1.807) is 19.2 Å². The highest BCUT2D eigenvalue weighted by molar-refractivity contribution is 7.91. The number of unbranched alkanes of at least 4 members (excludes halogenated alkanes) is 3. The fraction of sp³-hybridized carbons (Fsp3) is 0.619. The summed E-state index contributed by atoms with van der Waals surface area (Å²) in [5.74, 6) is -0.0988. The molecule has 0 heterocycles. The Balaban J connectivity index is 2.87. The van der Waals surface area contributed by atoms with Gasteiger partial charge < -0.3 is 10.6 Å². The highest BCUT2D eigenvalue weighted by atomic mass is 32.2. The minimum absolute atomic E-state index is 0.0347. The molecule has 1 atom stereocenters. The molecule has 8 heteroatoms. The van der Waals surface area contributed by atoms with Crippen molar-refractivity contribution in [3.63, 3.8) is 0 Å². The third-order valence-electron chi connectivity index (χ3n) is 4.66. The molecular weight excluding hydrogens is 406 g/mol. The van der Waals surface area contributed by atoms with Gasteiger partial charge in [-0.15, -0.1) is 0 Å². The molecule has 0 aliphatic rings. The maximum atomic E-state index is 12.7. The SMILES string of the molecule is CCCCCCC(C)NC(=O)Cc1ccc(CCC)c(S(=O)(=O)NC(=S)NC)c1. The van der Waals surface area contributed by atoms with Gasteiger partial charge in [0, 0.05) is 13.1 Å². The summed E-state index contributed by atoms with van der Waals surface area (Å²) in [6.45, 7) is 6.17.